The van der Waals surface area contributed by atoms with Crippen molar-refractivity contribution in [3.63, 3.8) is 0 Å². The third-order valence-corrected chi connectivity index (χ3v) is 5.74. The minimum atomic E-state index is -0.478. The van der Waals surface area contributed by atoms with Crippen molar-refractivity contribution in [1.29, 1.82) is 0 Å². The Hall–Kier alpha value is -3.48. The van der Waals surface area contributed by atoms with Crippen LogP contribution in [0.1, 0.15) is 42.7 Å². The summed E-state index contributed by atoms with van der Waals surface area (Å²) >= 11 is 0. The third-order valence-electron chi connectivity index (χ3n) is 5.74. The summed E-state index contributed by atoms with van der Waals surface area (Å²) in [5, 5.41) is 11.7. The number of methoxy groups -OCH3 is 1. The van der Waals surface area contributed by atoms with Crippen LogP contribution >= 0.6 is 0 Å². The van der Waals surface area contributed by atoms with Gasteiger partial charge in [-0.3, -0.25) is 24.6 Å². The molecule has 0 radical (unpaired) electrons. The summed E-state index contributed by atoms with van der Waals surface area (Å²) in [5.41, 5.74) is 2.84. The molecule has 1 heterocycles. The monoisotopic (exact) mass is 406 g/mol. The van der Waals surface area contributed by atoms with Crippen molar-refractivity contribution in [3.05, 3.63) is 75.0 Å². The zero-order valence-electron chi connectivity index (χ0n) is 16.9. The number of hydrogen-bond acceptors (Lipinski definition) is 5. The van der Waals surface area contributed by atoms with E-state index in [0.717, 1.165) is 11.1 Å². The number of amides is 1. The number of nitro benzene ring substituents is 1. The lowest BCUT2D eigenvalue weighted by Crippen LogP contribution is -2.40. The van der Waals surface area contributed by atoms with Gasteiger partial charge in [-0.05, 0) is 49.1 Å². The Bertz CT molecular complexity index is 1090. The van der Waals surface area contributed by atoms with Crippen molar-refractivity contribution < 1.29 is 19.2 Å². The Morgan fingerprint density at radius 3 is 2.67 bits per heavy atom. The maximum absolute atomic E-state index is 13.3. The Balaban J connectivity index is 1.89. The Morgan fingerprint density at radius 1 is 1.13 bits per heavy atom. The van der Waals surface area contributed by atoms with Crippen LogP contribution in [0.2, 0.25) is 0 Å². The Labute approximate surface area is 174 Å². The molecule has 0 N–H and O–H groups in total. The largest absolute Gasteiger partial charge is 0.497 e. The van der Waals surface area contributed by atoms with Gasteiger partial charge in [-0.25, -0.2) is 0 Å². The van der Waals surface area contributed by atoms with Crippen molar-refractivity contribution >= 4 is 23.1 Å². The maximum atomic E-state index is 13.3. The zero-order valence-corrected chi connectivity index (χ0v) is 16.9. The van der Waals surface area contributed by atoms with Crippen LogP contribution in [0, 0.1) is 17.0 Å². The number of rotatable bonds is 4. The van der Waals surface area contributed by atoms with E-state index in [0.29, 0.717) is 36.3 Å². The molecule has 4 rings (SSSR count). The van der Waals surface area contributed by atoms with E-state index < -0.39 is 4.92 Å². The second-order valence-corrected chi connectivity index (χ2v) is 7.65. The number of ether oxygens (including phenoxy) is 1. The molecule has 1 unspecified atom stereocenters. The summed E-state index contributed by atoms with van der Waals surface area (Å²) in [6, 6.07) is 12.2. The topological polar surface area (TPSA) is 89.8 Å². The minimum absolute atomic E-state index is 0.00339. The minimum Gasteiger partial charge on any atom is -0.497 e. The Kier molecular flexibility index (Phi) is 5.11. The van der Waals surface area contributed by atoms with E-state index >= 15 is 0 Å². The van der Waals surface area contributed by atoms with E-state index in [9.17, 15) is 19.7 Å². The number of allylic oxidation sites excluding steroid dienone is 2. The van der Waals surface area contributed by atoms with E-state index in [1.807, 2.05) is 24.3 Å². The normalized spacial score (nSPS) is 19.0. The first kappa shape index (κ1) is 19.8. The summed E-state index contributed by atoms with van der Waals surface area (Å²) < 4.78 is 5.31. The van der Waals surface area contributed by atoms with Gasteiger partial charge in [0.1, 0.15) is 11.4 Å². The summed E-state index contributed by atoms with van der Waals surface area (Å²) in [4.78, 5) is 38.8. The molecular weight excluding hydrogens is 384 g/mol. The third kappa shape index (κ3) is 3.36. The molecule has 2 aromatic carbocycles. The van der Waals surface area contributed by atoms with Crippen LogP contribution in [-0.2, 0) is 9.59 Å². The summed E-state index contributed by atoms with van der Waals surface area (Å²) in [6.07, 6.45) is 1.63. The molecule has 2 aliphatic rings. The number of aryl methyl sites for hydroxylation is 1. The molecule has 7 heteroatoms. The molecule has 2 aromatic rings. The van der Waals surface area contributed by atoms with Gasteiger partial charge in [0.05, 0.1) is 12.0 Å². The molecule has 1 aliphatic carbocycles. The lowest BCUT2D eigenvalue weighted by atomic mass is 9.77. The van der Waals surface area contributed by atoms with Crippen LogP contribution < -0.4 is 9.64 Å². The fourth-order valence-corrected chi connectivity index (χ4v) is 4.38. The van der Waals surface area contributed by atoms with Crippen molar-refractivity contribution in [2.24, 2.45) is 0 Å². The van der Waals surface area contributed by atoms with Gasteiger partial charge in [-0.1, -0.05) is 18.2 Å². The van der Waals surface area contributed by atoms with Crippen LogP contribution in [0.5, 0.6) is 5.75 Å². The number of ketones is 1. The number of Topliss-reactive ketones (excluding diaryl/α,β-unsaturated/α-hetero) is 1. The molecule has 0 spiro atoms. The van der Waals surface area contributed by atoms with Gasteiger partial charge >= 0.3 is 0 Å². The van der Waals surface area contributed by atoms with Crippen LogP contribution in [-0.4, -0.2) is 23.7 Å². The number of carbonyl (C=O) groups is 2. The predicted octanol–water partition coefficient (Wildman–Crippen LogP) is 4.44. The molecule has 154 valence electrons. The van der Waals surface area contributed by atoms with E-state index in [-0.39, 0.29) is 35.4 Å². The summed E-state index contributed by atoms with van der Waals surface area (Å²) in [7, 11) is 1.57. The number of hydrogen-bond donors (Lipinski definition) is 0. The van der Waals surface area contributed by atoms with E-state index in [2.05, 4.69) is 0 Å². The van der Waals surface area contributed by atoms with Crippen molar-refractivity contribution in [2.75, 3.05) is 12.0 Å². The molecule has 1 aliphatic heterocycles. The predicted molar refractivity (Wildman–Crippen MR) is 112 cm³/mol. The highest BCUT2D eigenvalue weighted by Crippen LogP contribution is 2.45. The molecular formula is C23H22N2O5. The van der Waals surface area contributed by atoms with Crippen LogP contribution in [0.3, 0.4) is 0 Å². The van der Waals surface area contributed by atoms with E-state index in [1.165, 1.54) is 11.0 Å². The molecule has 1 amide bonds. The number of nitro groups is 1. The first-order chi connectivity index (χ1) is 14.4. The quantitative estimate of drug-likeness (QED) is 0.553. The van der Waals surface area contributed by atoms with Gasteiger partial charge in [0.2, 0.25) is 5.91 Å². The van der Waals surface area contributed by atoms with Crippen molar-refractivity contribution in [1.82, 2.24) is 0 Å². The molecule has 0 fully saturated rings. The standard InChI is InChI=1S/C23H22N2O5/c1-14-9-10-18(20(11-14)25(28)29)24-19-7-4-8-21(26)23(19)17(13-22(24)27)15-5-3-6-16(12-15)30-2/h3,5-6,9-12,17H,4,7-8,13H2,1-2H3. The molecule has 0 aromatic heterocycles. The molecule has 7 nitrogen and oxygen atoms in total. The summed E-state index contributed by atoms with van der Waals surface area (Å²) in [6.45, 7) is 1.77. The zero-order chi connectivity index (χ0) is 21.4. The second kappa shape index (κ2) is 7.74. The van der Waals surface area contributed by atoms with Crippen LogP contribution in [0.4, 0.5) is 11.4 Å². The van der Waals surface area contributed by atoms with Gasteiger partial charge in [-0.2, -0.15) is 0 Å². The average Bonchev–Trinajstić information content (AvgIpc) is 2.73. The van der Waals surface area contributed by atoms with E-state index in [1.54, 1.807) is 26.2 Å². The molecule has 1 atom stereocenters. The number of nitrogens with zero attached hydrogens (tertiary/aromatic N) is 2. The van der Waals surface area contributed by atoms with Gasteiger partial charge in [0.15, 0.2) is 5.78 Å². The maximum Gasteiger partial charge on any atom is 0.293 e. The van der Waals surface area contributed by atoms with Crippen LogP contribution in [0.25, 0.3) is 0 Å². The number of anilines is 1. The van der Waals surface area contributed by atoms with Crippen molar-refractivity contribution in [3.8, 4) is 5.75 Å². The van der Waals surface area contributed by atoms with E-state index in [4.69, 9.17) is 4.74 Å². The van der Waals surface area contributed by atoms with Gasteiger partial charge in [0, 0.05) is 36.1 Å². The molecule has 30 heavy (non-hydrogen) atoms. The fourth-order valence-electron chi connectivity index (χ4n) is 4.38. The highest BCUT2D eigenvalue weighted by Gasteiger charge is 2.41. The average molecular weight is 406 g/mol. The summed E-state index contributed by atoms with van der Waals surface area (Å²) in [5.74, 6) is 0.0256. The number of benzene rings is 2. The first-order valence-electron chi connectivity index (χ1n) is 9.89. The first-order valence-corrected chi connectivity index (χ1v) is 9.89. The number of carbonyl (C=O) groups excluding carboxylic acids is 2. The lowest BCUT2D eigenvalue weighted by molar-refractivity contribution is -0.384. The van der Waals surface area contributed by atoms with Crippen molar-refractivity contribution in [2.45, 2.75) is 38.5 Å². The van der Waals surface area contributed by atoms with Crippen LogP contribution in [0.15, 0.2) is 53.7 Å². The lowest BCUT2D eigenvalue weighted by Gasteiger charge is -2.38. The second-order valence-electron chi connectivity index (χ2n) is 7.65. The molecule has 0 bridgehead atoms. The van der Waals surface area contributed by atoms with Gasteiger partial charge < -0.3 is 4.74 Å². The van der Waals surface area contributed by atoms with Gasteiger partial charge in [-0.15, -0.1) is 0 Å². The highest BCUT2D eigenvalue weighted by atomic mass is 16.6. The molecule has 0 saturated heterocycles. The van der Waals surface area contributed by atoms with Gasteiger partial charge in [0.25, 0.3) is 5.69 Å². The SMILES string of the molecule is COc1cccc(C2CC(=O)N(c3ccc(C)cc3[N+](=O)[O-])C3=C2C(=O)CCC3)c1. The smallest absolute Gasteiger partial charge is 0.293 e. The Morgan fingerprint density at radius 2 is 1.93 bits per heavy atom. The molecule has 0 saturated carbocycles. The highest BCUT2D eigenvalue weighted by molar-refractivity contribution is 6.08. The fraction of sp³-hybridized carbons (Fsp3) is 0.304.